The molecule has 0 aliphatic carbocycles. The number of nitrogens with zero attached hydrogens (tertiary/aromatic N) is 2. The van der Waals surface area contributed by atoms with E-state index in [1.54, 1.807) is 30.5 Å². The summed E-state index contributed by atoms with van der Waals surface area (Å²) < 4.78 is 10.3. The molecule has 0 spiro atoms. The Morgan fingerprint density at radius 2 is 2.00 bits per heavy atom. The lowest BCUT2D eigenvalue weighted by Crippen LogP contribution is -1.88. The average Bonchev–Trinajstić information content (AvgIpc) is 3.02. The van der Waals surface area contributed by atoms with Crippen LogP contribution in [0.2, 0.25) is 0 Å². The maximum atomic E-state index is 9.65. The van der Waals surface area contributed by atoms with Gasteiger partial charge in [-0.1, -0.05) is 23.4 Å². The minimum Gasteiger partial charge on any atom is -0.508 e. The minimum absolute atomic E-state index is 0.218. The van der Waals surface area contributed by atoms with E-state index in [2.05, 4.69) is 10.1 Å². The third kappa shape index (κ3) is 1.98. The number of benzene rings is 1. The quantitative estimate of drug-likeness (QED) is 0.764. The summed E-state index contributed by atoms with van der Waals surface area (Å²) in [4.78, 5) is 4.21. The Bertz CT molecular complexity index is 644. The van der Waals surface area contributed by atoms with Gasteiger partial charge < -0.3 is 14.0 Å². The van der Waals surface area contributed by atoms with Crippen LogP contribution >= 0.6 is 0 Å². The molecule has 0 saturated heterocycles. The Kier molecular flexibility index (Phi) is 2.57. The molecule has 0 radical (unpaired) electrons. The summed E-state index contributed by atoms with van der Waals surface area (Å²) in [7, 11) is 0. The topological polar surface area (TPSA) is 72.3 Å². The zero-order valence-electron chi connectivity index (χ0n) is 9.41. The SMILES string of the molecule is Oc1ccccc1Cc1nc(-c2ccco2)no1. The number of hydrogen-bond donors (Lipinski definition) is 1. The van der Waals surface area contributed by atoms with Gasteiger partial charge in [-0.05, 0) is 18.2 Å². The molecule has 0 aliphatic heterocycles. The van der Waals surface area contributed by atoms with Gasteiger partial charge in [-0.15, -0.1) is 0 Å². The summed E-state index contributed by atoms with van der Waals surface area (Å²) in [6.45, 7) is 0. The predicted octanol–water partition coefficient (Wildman–Crippen LogP) is 2.63. The Hall–Kier alpha value is -2.56. The number of rotatable bonds is 3. The second-order valence-electron chi connectivity index (χ2n) is 3.79. The van der Waals surface area contributed by atoms with E-state index in [1.165, 1.54) is 0 Å². The highest BCUT2D eigenvalue weighted by atomic mass is 16.5. The monoisotopic (exact) mass is 242 g/mol. The van der Waals surface area contributed by atoms with Gasteiger partial charge in [-0.2, -0.15) is 4.98 Å². The van der Waals surface area contributed by atoms with Crippen molar-refractivity contribution in [2.24, 2.45) is 0 Å². The smallest absolute Gasteiger partial charge is 0.238 e. The van der Waals surface area contributed by atoms with Crippen molar-refractivity contribution in [3.8, 4) is 17.3 Å². The molecule has 1 aromatic carbocycles. The lowest BCUT2D eigenvalue weighted by Gasteiger charge is -1.99. The van der Waals surface area contributed by atoms with Crippen LogP contribution in [0.3, 0.4) is 0 Å². The van der Waals surface area contributed by atoms with Crippen LogP contribution in [-0.4, -0.2) is 15.2 Å². The van der Waals surface area contributed by atoms with E-state index in [-0.39, 0.29) is 5.75 Å². The summed E-state index contributed by atoms with van der Waals surface area (Å²) in [5, 5.41) is 13.5. The van der Waals surface area contributed by atoms with E-state index < -0.39 is 0 Å². The van der Waals surface area contributed by atoms with Crippen LogP contribution in [-0.2, 0) is 6.42 Å². The third-order valence-electron chi connectivity index (χ3n) is 2.54. The van der Waals surface area contributed by atoms with Crippen molar-refractivity contribution < 1.29 is 14.0 Å². The van der Waals surface area contributed by atoms with Gasteiger partial charge in [0.15, 0.2) is 5.76 Å². The van der Waals surface area contributed by atoms with Crippen molar-refractivity contribution in [1.29, 1.82) is 0 Å². The fourth-order valence-electron chi connectivity index (χ4n) is 1.66. The Morgan fingerprint density at radius 1 is 1.11 bits per heavy atom. The standard InChI is InChI=1S/C13H10N2O3/c16-10-5-2-1-4-9(10)8-12-14-13(15-18-12)11-6-3-7-17-11/h1-7,16H,8H2. The van der Waals surface area contributed by atoms with Gasteiger partial charge in [-0.25, -0.2) is 0 Å². The molecule has 0 unspecified atom stereocenters. The minimum atomic E-state index is 0.218. The van der Waals surface area contributed by atoms with Gasteiger partial charge in [-0.3, -0.25) is 0 Å². The van der Waals surface area contributed by atoms with Crippen molar-refractivity contribution in [2.75, 3.05) is 0 Å². The molecule has 1 N–H and O–H groups in total. The molecule has 0 aliphatic rings. The first-order valence-corrected chi connectivity index (χ1v) is 5.46. The average molecular weight is 242 g/mol. The number of aromatic hydroxyl groups is 1. The second-order valence-corrected chi connectivity index (χ2v) is 3.79. The summed E-state index contributed by atoms with van der Waals surface area (Å²) >= 11 is 0. The van der Waals surface area contributed by atoms with E-state index in [1.807, 2.05) is 12.1 Å². The summed E-state index contributed by atoms with van der Waals surface area (Å²) in [6, 6.07) is 10.6. The van der Waals surface area contributed by atoms with Crippen LogP contribution in [0.1, 0.15) is 11.5 Å². The number of hydrogen-bond acceptors (Lipinski definition) is 5. The molecule has 0 saturated carbocycles. The molecule has 0 fully saturated rings. The zero-order chi connectivity index (χ0) is 12.4. The van der Waals surface area contributed by atoms with Gasteiger partial charge in [0.2, 0.25) is 11.7 Å². The van der Waals surface area contributed by atoms with E-state index in [9.17, 15) is 5.11 Å². The molecule has 5 heteroatoms. The first kappa shape index (κ1) is 10.6. The third-order valence-corrected chi connectivity index (χ3v) is 2.54. The molecule has 0 amide bonds. The molecule has 0 atom stereocenters. The highest BCUT2D eigenvalue weighted by molar-refractivity contribution is 5.45. The lowest BCUT2D eigenvalue weighted by molar-refractivity contribution is 0.382. The van der Waals surface area contributed by atoms with Gasteiger partial charge >= 0.3 is 0 Å². The van der Waals surface area contributed by atoms with Crippen molar-refractivity contribution in [1.82, 2.24) is 10.1 Å². The maximum absolute atomic E-state index is 9.65. The van der Waals surface area contributed by atoms with E-state index in [0.717, 1.165) is 5.56 Å². The van der Waals surface area contributed by atoms with Crippen LogP contribution in [0.5, 0.6) is 5.75 Å². The molecular formula is C13H10N2O3. The molecule has 3 aromatic rings. The maximum Gasteiger partial charge on any atom is 0.238 e. The van der Waals surface area contributed by atoms with E-state index >= 15 is 0 Å². The molecule has 0 bridgehead atoms. The first-order valence-electron chi connectivity index (χ1n) is 5.46. The molecule has 3 rings (SSSR count). The van der Waals surface area contributed by atoms with Crippen LogP contribution < -0.4 is 0 Å². The number of phenolic OH excluding ortho intramolecular Hbond substituents is 1. The van der Waals surface area contributed by atoms with Crippen LogP contribution in [0.25, 0.3) is 11.6 Å². The first-order chi connectivity index (χ1) is 8.83. The number of para-hydroxylation sites is 1. The molecule has 90 valence electrons. The van der Waals surface area contributed by atoms with Gasteiger partial charge in [0.05, 0.1) is 12.7 Å². The van der Waals surface area contributed by atoms with Crippen molar-refractivity contribution in [2.45, 2.75) is 6.42 Å². The highest BCUT2D eigenvalue weighted by Gasteiger charge is 2.12. The van der Waals surface area contributed by atoms with Gasteiger partial charge in [0, 0.05) is 5.56 Å². The van der Waals surface area contributed by atoms with E-state index in [0.29, 0.717) is 23.9 Å². The summed E-state index contributed by atoms with van der Waals surface area (Å²) in [5.74, 6) is 1.62. The highest BCUT2D eigenvalue weighted by Crippen LogP contribution is 2.21. The Labute approximate surface area is 103 Å². The Morgan fingerprint density at radius 3 is 2.78 bits per heavy atom. The van der Waals surface area contributed by atoms with Gasteiger partial charge in [0.1, 0.15) is 5.75 Å². The molecule has 2 heterocycles. The van der Waals surface area contributed by atoms with Crippen LogP contribution in [0.15, 0.2) is 51.6 Å². The largest absolute Gasteiger partial charge is 0.508 e. The Balaban J connectivity index is 1.85. The fraction of sp³-hybridized carbons (Fsp3) is 0.0769. The van der Waals surface area contributed by atoms with Gasteiger partial charge in [0.25, 0.3) is 0 Å². The number of furan rings is 1. The van der Waals surface area contributed by atoms with Crippen molar-refractivity contribution >= 4 is 0 Å². The predicted molar refractivity (Wildman–Crippen MR) is 62.9 cm³/mol. The second kappa shape index (κ2) is 4.37. The molecular weight excluding hydrogens is 232 g/mol. The zero-order valence-corrected chi connectivity index (χ0v) is 9.41. The molecule has 5 nitrogen and oxygen atoms in total. The fourth-order valence-corrected chi connectivity index (χ4v) is 1.66. The number of aromatic nitrogens is 2. The van der Waals surface area contributed by atoms with Crippen molar-refractivity contribution in [3.05, 3.63) is 54.1 Å². The molecule has 18 heavy (non-hydrogen) atoms. The van der Waals surface area contributed by atoms with Crippen molar-refractivity contribution in [3.63, 3.8) is 0 Å². The van der Waals surface area contributed by atoms with Crippen LogP contribution in [0, 0.1) is 0 Å². The number of phenols is 1. The lowest BCUT2D eigenvalue weighted by atomic mass is 10.1. The van der Waals surface area contributed by atoms with E-state index in [4.69, 9.17) is 8.94 Å². The molecule has 2 aromatic heterocycles. The summed E-state index contributed by atoms with van der Waals surface area (Å²) in [6.07, 6.45) is 1.94. The van der Waals surface area contributed by atoms with Crippen LogP contribution in [0.4, 0.5) is 0 Å². The summed E-state index contributed by atoms with van der Waals surface area (Å²) in [5.41, 5.74) is 0.743. The normalized spacial score (nSPS) is 10.7.